The molecule has 0 fully saturated rings. The molecule has 7 nitrogen and oxygen atoms in total. The number of anilines is 2. The smallest absolute Gasteiger partial charge is 0.247 e. The van der Waals surface area contributed by atoms with Gasteiger partial charge in [0.1, 0.15) is 23.0 Å². The van der Waals surface area contributed by atoms with Crippen LogP contribution >= 0.6 is 0 Å². The number of carbonyl (C=O) groups excluding carboxylic acids is 1. The van der Waals surface area contributed by atoms with Gasteiger partial charge in [-0.1, -0.05) is 18.2 Å². The number of carbonyl (C=O) groups is 1. The molecule has 1 aromatic heterocycles. The first-order valence-electron chi connectivity index (χ1n) is 10.2. The van der Waals surface area contributed by atoms with E-state index >= 15 is 0 Å². The normalized spacial score (nSPS) is 12.6. The fourth-order valence-electron chi connectivity index (χ4n) is 3.72. The molecular weight excluding hydrogens is 428 g/mol. The molecule has 0 saturated heterocycles. The van der Waals surface area contributed by atoms with Crippen molar-refractivity contribution in [1.29, 1.82) is 0 Å². The molecule has 0 bridgehead atoms. The van der Waals surface area contributed by atoms with Crippen LogP contribution in [0.3, 0.4) is 0 Å². The molecule has 8 heteroatoms. The SMILES string of the molecule is CCOc1ccc(N([C@H](C)C(=O)Nc2ccc3c(c2)oc2ccccc23)S(C)(=O)=O)cc1. The average Bonchev–Trinajstić information content (AvgIpc) is 3.12. The van der Waals surface area contributed by atoms with Gasteiger partial charge in [-0.05, 0) is 56.3 Å². The quantitative estimate of drug-likeness (QED) is 0.436. The van der Waals surface area contributed by atoms with Crippen molar-refractivity contribution < 1.29 is 22.4 Å². The second-order valence-electron chi connectivity index (χ2n) is 7.46. The number of fused-ring (bicyclic) bond motifs is 3. The highest BCUT2D eigenvalue weighted by Gasteiger charge is 2.29. The first-order valence-corrected chi connectivity index (χ1v) is 12.1. The molecule has 0 spiro atoms. The molecule has 0 saturated carbocycles. The lowest BCUT2D eigenvalue weighted by Gasteiger charge is -2.28. The largest absolute Gasteiger partial charge is 0.494 e. The molecule has 0 aliphatic heterocycles. The summed E-state index contributed by atoms with van der Waals surface area (Å²) in [5.41, 5.74) is 2.31. The molecule has 0 aliphatic rings. The molecule has 1 heterocycles. The molecule has 0 unspecified atom stereocenters. The minimum atomic E-state index is -3.72. The molecule has 166 valence electrons. The van der Waals surface area contributed by atoms with E-state index in [1.165, 1.54) is 0 Å². The van der Waals surface area contributed by atoms with E-state index in [1.807, 2.05) is 37.3 Å². The first-order chi connectivity index (χ1) is 15.3. The average molecular weight is 453 g/mol. The van der Waals surface area contributed by atoms with Crippen LogP contribution in [0.4, 0.5) is 11.4 Å². The monoisotopic (exact) mass is 452 g/mol. The number of hydrogen-bond donors (Lipinski definition) is 1. The third-order valence-electron chi connectivity index (χ3n) is 5.14. The van der Waals surface area contributed by atoms with Gasteiger partial charge in [0.2, 0.25) is 15.9 Å². The number of benzene rings is 3. The molecule has 1 amide bonds. The highest BCUT2D eigenvalue weighted by atomic mass is 32.2. The molecule has 1 atom stereocenters. The van der Waals surface area contributed by atoms with Gasteiger partial charge in [0, 0.05) is 22.5 Å². The van der Waals surface area contributed by atoms with Crippen molar-refractivity contribution in [3.05, 3.63) is 66.7 Å². The predicted molar refractivity (Wildman–Crippen MR) is 127 cm³/mol. The van der Waals surface area contributed by atoms with Crippen molar-refractivity contribution in [3.63, 3.8) is 0 Å². The summed E-state index contributed by atoms with van der Waals surface area (Å²) in [6.45, 7) is 3.92. The fourth-order valence-corrected chi connectivity index (χ4v) is 4.89. The van der Waals surface area contributed by atoms with E-state index in [-0.39, 0.29) is 0 Å². The van der Waals surface area contributed by atoms with Crippen molar-refractivity contribution in [2.75, 3.05) is 22.5 Å². The van der Waals surface area contributed by atoms with Gasteiger partial charge < -0.3 is 14.5 Å². The number of para-hydroxylation sites is 1. The number of ether oxygens (including phenoxy) is 1. The lowest BCUT2D eigenvalue weighted by molar-refractivity contribution is -0.116. The van der Waals surface area contributed by atoms with Gasteiger partial charge >= 0.3 is 0 Å². The summed E-state index contributed by atoms with van der Waals surface area (Å²) in [5, 5.41) is 4.74. The highest BCUT2D eigenvalue weighted by molar-refractivity contribution is 7.92. The van der Waals surface area contributed by atoms with Gasteiger partial charge in [-0.15, -0.1) is 0 Å². The van der Waals surface area contributed by atoms with Crippen molar-refractivity contribution in [1.82, 2.24) is 0 Å². The Hall–Kier alpha value is -3.52. The van der Waals surface area contributed by atoms with E-state index in [0.717, 1.165) is 26.9 Å². The zero-order valence-electron chi connectivity index (χ0n) is 18.0. The van der Waals surface area contributed by atoms with Crippen LogP contribution in [-0.4, -0.2) is 33.2 Å². The van der Waals surface area contributed by atoms with Crippen molar-refractivity contribution in [2.24, 2.45) is 0 Å². The zero-order valence-corrected chi connectivity index (χ0v) is 18.8. The lowest BCUT2D eigenvalue weighted by Crippen LogP contribution is -2.45. The molecule has 0 aliphatic carbocycles. The van der Waals surface area contributed by atoms with Gasteiger partial charge in [-0.25, -0.2) is 8.42 Å². The number of nitrogens with zero attached hydrogens (tertiary/aromatic N) is 1. The van der Waals surface area contributed by atoms with E-state index in [0.29, 0.717) is 29.3 Å². The summed E-state index contributed by atoms with van der Waals surface area (Å²) in [5.74, 6) is 0.167. The Morgan fingerprint density at radius 2 is 1.72 bits per heavy atom. The third kappa shape index (κ3) is 4.27. The van der Waals surface area contributed by atoms with Crippen LogP contribution in [0.25, 0.3) is 21.9 Å². The van der Waals surface area contributed by atoms with Crippen molar-refractivity contribution >= 4 is 49.2 Å². The van der Waals surface area contributed by atoms with E-state index in [9.17, 15) is 13.2 Å². The molecular formula is C24H24N2O5S. The maximum absolute atomic E-state index is 13.0. The van der Waals surface area contributed by atoms with E-state index in [2.05, 4.69) is 5.32 Å². The number of furan rings is 1. The molecule has 32 heavy (non-hydrogen) atoms. The fraction of sp³-hybridized carbons (Fsp3) is 0.208. The van der Waals surface area contributed by atoms with Crippen LogP contribution in [0.5, 0.6) is 5.75 Å². The summed E-state index contributed by atoms with van der Waals surface area (Å²) < 4.78 is 37.4. The Bertz CT molecular complexity index is 1380. The van der Waals surface area contributed by atoms with Crippen molar-refractivity contribution in [2.45, 2.75) is 19.9 Å². The van der Waals surface area contributed by atoms with E-state index in [1.54, 1.807) is 43.3 Å². The standard InChI is InChI=1S/C24H24N2O5S/c1-4-30-19-12-10-18(11-13-19)26(32(3,28)29)16(2)24(27)25-17-9-14-21-20-7-5-6-8-22(20)31-23(21)15-17/h5-16H,4H2,1-3H3,(H,25,27)/t16-/m1/s1. The maximum atomic E-state index is 13.0. The summed E-state index contributed by atoms with van der Waals surface area (Å²) >= 11 is 0. The molecule has 4 rings (SSSR count). The molecule has 0 radical (unpaired) electrons. The van der Waals surface area contributed by atoms with Crippen molar-refractivity contribution in [3.8, 4) is 5.75 Å². The molecule has 3 aromatic carbocycles. The third-order valence-corrected chi connectivity index (χ3v) is 6.38. The minimum absolute atomic E-state index is 0.381. The van der Waals surface area contributed by atoms with Gasteiger partial charge in [0.05, 0.1) is 18.6 Å². The minimum Gasteiger partial charge on any atom is -0.494 e. The topological polar surface area (TPSA) is 88.8 Å². The summed E-state index contributed by atoms with van der Waals surface area (Å²) in [7, 11) is -3.72. The lowest BCUT2D eigenvalue weighted by atomic mass is 10.1. The number of sulfonamides is 1. The van der Waals surface area contributed by atoms with Crippen LogP contribution in [-0.2, 0) is 14.8 Å². The Balaban J connectivity index is 1.59. The Morgan fingerprint density at radius 3 is 2.41 bits per heavy atom. The summed E-state index contributed by atoms with van der Waals surface area (Å²) in [4.78, 5) is 13.0. The van der Waals surface area contributed by atoms with Crippen LogP contribution in [0, 0.1) is 0 Å². The van der Waals surface area contributed by atoms with Crippen LogP contribution in [0.2, 0.25) is 0 Å². The maximum Gasteiger partial charge on any atom is 0.247 e. The van der Waals surface area contributed by atoms with Gasteiger partial charge in [-0.2, -0.15) is 0 Å². The predicted octanol–water partition coefficient (Wildman–Crippen LogP) is 4.78. The second-order valence-corrected chi connectivity index (χ2v) is 9.32. The van der Waals surface area contributed by atoms with Gasteiger partial charge in [-0.3, -0.25) is 9.10 Å². The van der Waals surface area contributed by atoms with Crippen LogP contribution < -0.4 is 14.4 Å². The van der Waals surface area contributed by atoms with Crippen LogP contribution in [0.15, 0.2) is 71.1 Å². The number of amides is 1. The summed E-state index contributed by atoms with van der Waals surface area (Å²) in [6.07, 6.45) is 1.08. The van der Waals surface area contributed by atoms with Crippen LogP contribution in [0.1, 0.15) is 13.8 Å². The Kier molecular flexibility index (Phi) is 5.80. The second kappa shape index (κ2) is 8.55. The molecule has 4 aromatic rings. The van der Waals surface area contributed by atoms with Gasteiger partial charge in [0.25, 0.3) is 0 Å². The first kappa shape index (κ1) is 21.7. The Morgan fingerprint density at radius 1 is 1.03 bits per heavy atom. The van der Waals surface area contributed by atoms with Gasteiger partial charge in [0.15, 0.2) is 0 Å². The Labute approximate surface area is 186 Å². The number of rotatable bonds is 7. The highest BCUT2D eigenvalue weighted by Crippen LogP contribution is 2.31. The van der Waals surface area contributed by atoms with E-state index < -0.39 is 22.0 Å². The number of nitrogens with one attached hydrogen (secondary N) is 1. The number of hydrogen-bond acceptors (Lipinski definition) is 5. The zero-order chi connectivity index (χ0) is 22.9. The molecule has 1 N–H and O–H groups in total. The summed E-state index contributed by atoms with van der Waals surface area (Å²) in [6, 6.07) is 18.7. The van der Waals surface area contributed by atoms with E-state index in [4.69, 9.17) is 9.15 Å².